The standard InChI is InChI=1S/C16H12F2N2OS2/c17-11-4-10(5-12(18)7-11)6-14-9-19-16(23-14)20-15(21)8-13-2-1-3-22-13/h1-5,7,9H,6,8H2,(H,19,20,21). The summed E-state index contributed by atoms with van der Waals surface area (Å²) >= 11 is 2.82. The molecule has 3 aromatic rings. The van der Waals surface area contributed by atoms with E-state index in [-0.39, 0.29) is 5.91 Å². The van der Waals surface area contributed by atoms with Gasteiger partial charge in [0.25, 0.3) is 0 Å². The summed E-state index contributed by atoms with van der Waals surface area (Å²) in [6.07, 6.45) is 2.28. The fourth-order valence-corrected chi connectivity index (χ4v) is 3.66. The Hall–Kier alpha value is -2.12. The first-order chi connectivity index (χ1) is 11.1. The van der Waals surface area contributed by atoms with Gasteiger partial charge in [-0.15, -0.1) is 22.7 Å². The Balaban J connectivity index is 1.62. The lowest BCUT2D eigenvalue weighted by molar-refractivity contribution is -0.115. The summed E-state index contributed by atoms with van der Waals surface area (Å²) < 4.78 is 26.4. The van der Waals surface area contributed by atoms with E-state index in [0.717, 1.165) is 15.8 Å². The van der Waals surface area contributed by atoms with Crippen molar-refractivity contribution in [1.29, 1.82) is 0 Å². The average Bonchev–Trinajstić information content (AvgIpc) is 3.10. The van der Waals surface area contributed by atoms with E-state index in [2.05, 4.69) is 10.3 Å². The van der Waals surface area contributed by atoms with Gasteiger partial charge >= 0.3 is 0 Å². The molecule has 2 aromatic heterocycles. The molecule has 0 atom stereocenters. The number of benzene rings is 1. The van der Waals surface area contributed by atoms with E-state index in [4.69, 9.17) is 0 Å². The summed E-state index contributed by atoms with van der Waals surface area (Å²) in [4.78, 5) is 17.8. The molecule has 0 saturated carbocycles. The zero-order valence-electron chi connectivity index (χ0n) is 11.9. The predicted molar refractivity (Wildman–Crippen MR) is 87.9 cm³/mol. The number of hydrogen-bond acceptors (Lipinski definition) is 4. The molecule has 0 aliphatic carbocycles. The molecule has 7 heteroatoms. The molecule has 0 aliphatic rings. The van der Waals surface area contributed by atoms with Crippen LogP contribution in [-0.2, 0) is 17.6 Å². The third kappa shape index (κ3) is 4.43. The molecule has 1 aromatic carbocycles. The van der Waals surface area contributed by atoms with Crippen molar-refractivity contribution in [2.75, 3.05) is 5.32 Å². The van der Waals surface area contributed by atoms with E-state index in [1.54, 1.807) is 6.20 Å². The van der Waals surface area contributed by atoms with Crippen molar-refractivity contribution >= 4 is 33.7 Å². The minimum atomic E-state index is -0.603. The topological polar surface area (TPSA) is 42.0 Å². The number of carbonyl (C=O) groups is 1. The Morgan fingerprint density at radius 1 is 1.17 bits per heavy atom. The number of thiazole rings is 1. The summed E-state index contributed by atoms with van der Waals surface area (Å²) in [6.45, 7) is 0. The Kier molecular flexibility index (Phi) is 4.78. The molecule has 0 saturated heterocycles. The summed E-state index contributed by atoms with van der Waals surface area (Å²) in [5.41, 5.74) is 0.530. The van der Waals surface area contributed by atoms with Crippen molar-refractivity contribution in [3.63, 3.8) is 0 Å². The van der Waals surface area contributed by atoms with Gasteiger partial charge in [-0.3, -0.25) is 4.79 Å². The highest BCUT2D eigenvalue weighted by Crippen LogP contribution is 2.22. The fourth-order valence-electron chi connectivity index (χ4n) is 2.10. The highest BCUT2D eigenvalue weighted by Gasteiger charge is 2.09. The average molecular weight is 350 g/mol. The first kappa shape index (κ1) is 15.8. The zero-order chi connectivity index (χ0) is 16.2. The Labute approximate surface area is 139 Å². The fraction of sp³-hybridized carbons (Fsp3) is 0.125. The van der Waals surface area contributed by atoms with E-state index < -0.39 is 11.6 Å². The van der Waals surface area contributed by atoms with Gasteiger partial charge in [0.2, 0.25) is 5.91 Å². The largest absolute Gasteiger partial charge is 0.302 e. The second kappa shape index (κ2) is 6.97. The number of carbonyl (C=O) groups excluding carboxylic acids is 1. The molecule has 0 fully saturated rings. The van der Waals surface area contributed by atoms with Gasteiger partial charge < -0.3 is 5.32 Å². The molecule has 118 valence electrons. The van der Waals surface area contributed by atoms with Crippen molar-refractivity contribution in [3.05, 3.63) is 68.9 Å². The maximum absolute atomic E-state index is 13.2. The third-order valence-electron chi connectivity index (χ3n) is 3.02. The predicted octanol–water partition coefficient (Wildman–Crippen LogP) is 4.25. The van der Waals surface area contributed by atoms with Crippen LogP contribution in [0.5, 0.6) is 0 Å². The Morgan fingerprint density at radius 3 is 2.65 bits per heavy atom. The van der Waals surface area contributed by atoms with E-state index in [1.165, 1.54) is 34.8 Å². The highest BCUT2D eigenvalue weighted by molar-refractivity contribution is 7.15. The van der Waals surface area contributed by atoms with Crippen LogP contribution in [0.25, 0.3) is 0 Å². The first-order valence-corrected chi connectivity index (χ1v) is 8.50. The second-order valence-corrected chi connectivity index (χ2v) is 7.04. The Morgan fingerprint density at radius 2 is 1.96 bits per heavy atom. The molecule has 1 N–H and O–H groups in total. The van der Waals surface area contributed by atoms with Crippen LogP contribution >= 0.6 is 22.7 Å². The van der Waals surface area contributed by atoms with E-state index in [1.807, 2.05) is 17.5 Å². The van der Waals surface area contributed by atoms with Crippen LogP contribution in [0.1, 0.15) is 15.3 Å². The van der Waals surface area contributed by atoms with Gasteiger partial charge in [-0.25, -0.2) is 13.8 Å². The van der Waals surface area contributed by atoms with Crippen molar-refractivity contribution in [3.8, 4) is 0 Å². The summed E-state index contributed by atoms with van der Waals surface area (Å²) in [5.74, 6) is -1.34. The van der Waals surface area contributed by atoms with Crippen LogP contribution in [0, 0.1) is 11.6 Å². The zero-order valence-corrected chi connectivity index (χ0v) is 13.5. The smallest absolute Gasteiger partial charge is 0.231 e. The molecule has 23 heavy (non-hydrogen) atoms. The number of nitrogens with zero attached hydrogens (tertiary/aromatic N) is 1. The number of nitrogens with one attached hydrogen (secondary N) is 1. The second-order valence-electron chi connectivity index (χ2n) is 4.89. The number of anilines is 1. The Bertz CT molecular complexity index is 795. The molecule has 0 unspecified atom stereocenters. The summed E-state index contributed by atoms with van der Waals surface area (Å²) in [5, 5.41) is 5.14. The van der Waals surface area contributed by atoms with Gasteiger partial charge in [-0.2, -0.15) is 0 Å². The number of halogens is 2. The van der Waals surface area contributed by atoms with Crippen LogP contribution in [0.15, 0.2) is 41.9 Å². The third-order valence-corrected chi connectivity index (χ3v) is 4.80. The van der Waals surface area contributed by atoms with Crippen molar-refractivity contribution in [1.82, 2.24) is 4.98 Å². The highest BCUT2D eigenvalue weighted by atomic mass is 32.1. The molecule has 0 radical (unpaired) electrons. The van der Waals surface area contributed by atoms with E-state index in [9.17, 15) is 13.6 Å². The van der Waals surface area contributed by atoms with Gasteiger partial charge in [0, 0.05) is 28.4 Å². The van der Waals surface area contributed by atoms with E-state index in [0.29, 0.717) is 23.5 Å². The van der Waals surface area contributed by atoms with Crippen molar-refractivity contribution in [2.45, 2.75) is 12.8 Å². The molecule has 3 nitrogen and oxygen atoms in total. The van der Waals surface area contributed by atoms with Crippen LogP contribution in [0.4, 0.5) is 13.9 Å². The van der Waals surface area contributed by atoms with Gasteiger partial charge in [0.1, 0.15) is 11.6 Å². The van der Waals surface area contributed by atoms with Crippen molar-refractivity contribution in [2.24, 2.45) is 0 Å². The molecule has 0 spiro atoms. The lowest BCUT2D eigenvalue weighted by Crippen LogP contribution is -2.13. The molecule has 0 aliphatic heterocycles. The molecular weight excluding hydrogens is 338 g/mol. The quantitative estimate of drug-likeness (QED) is 0.747. The maximum Gasteiger partial charge on any atom is 0.231 e. The van der Waals surface area contributed by atoms with Crippen LogP contribution in [0.2, 0.25) is 0 Å². The van der Waals surface area contributed by atoms with Crippen LogP contribution < -0.4 is 5.32 Å². The monoisotopic (exact) mass is 350 g/mol. The van der Waals surface area contributed by atoms with Gasteiger partial charge in [0.05, 0.1) is 6.42 Å². The first-order valence-electron chi connectivity index (χ1n) is 6.80. The maximum atomic E-state index is 13.2. The molecular formula is C16H12F2N2OS2. The number of rotatable bonds is 5. The molecule has 0 bridgehead atoms. The summed E-state index contributed by atoms with van der Waals surface area (Å²) in [7, 11) is 0. The molecule has 3 rings (SSSR count). The van der Waals surface area contributed by atoms with Crippen LogP contribution in [0.3, 0.4) is 0 Å². The number of hydrogen-bond donors (Lipinski definition) is 1. The van der Waals surface area contributed by atoms with Crippen LogP contribution in [-0.4, -0.2) is 10.9 Å². The molecule has 1 amide bonds. The van der Waals surface area contributed by atoms with Gasteiger partial charge in [-0.05, 0) is 29.1 Å². The lowest BCUT2D eigenvalue weighted by atomic mass is 10.1. The minimum Gasteiger partial charge on any atom is -0.302 e. The lowest BCUT2D eigenvalue weighted by Gasteiger charge is -2.00. The minimum absolute atomic E-state index is 0.134. The SMILES string of the molecule is O=C(Cc1cccs1)Nc1ncc(Cc2cc(F)cc(F)c2)s1. The van der Waals surface area contributed by atoms with Crippen molar-refractivity contribution < 1.29 is 13.6 Å². The van der Waals surface area contributed by atoms with E-state index >= 15 is 0 Å². The van der Waals surface area contributed by atoms with Gasteiger partial charge in [-0.1, -0.05) is 6.07 Å². The molecule has 2 heterocycles. The normalized spacial score (nSPS) is 10.7. The number of amides is 1. The van der Waals surface area contributed by atoms with Gasteiger partial charge in [0.15, 0.2) is 5.13 Å². The summed E-state index contributed by atoms with van der Waals surface area (Å²) in [6, 6.07) is 7.21. The number of thiophene rings is 1. The number of aromatic nitrogens is 1.